The van der Waals surface area contributed by atoms with Crippen LogP contribution in [0.4, 0.5) is 0 Å². The van der Waals surface area contributed by atoms with Crippen molar-refractivity contribution in [3.05, 3.63) is 127 Å². The summed E-state index contributed by atoms with van der Waals surface area (Å²) in [5, 5.41) is 37.2. The average molecular weight is 920 g/mol. The number of halogens is 2. The molecule has 0 fully saturated rings. The van der Waals surface area contributed by atoms with E-state index in [-0.39, 0.29) is 12.2 Å². The number of aliphatic hydroxyl groups is 2. The van der Waals surface area contributed by atoms with Gasteiger partial charge >= 0.3 is 0 Å². The summed E-state index contributed by atoms with van der Waals surface area (Å²) in [6.07, 6.45) is 6.16. The van der Waals surface area contributed by atoms with Gasteiger partial charge in [0.25, 0.3) is 0 Å². The smallest absolute Gasteiger partial charge is 0.182 e. The van der Waals surface area contributed by atoms with Crippen LogP contribution in [0.25, 0.3) is 43.6 Å². The first-order valence-corrected chi connectivity index (χ1v) is 23.3. The molecule has 0 bridgehead atoms. The van der Waals surface area contributed by atoms with E-state index in [0.29, 0.717) is 52.6 Å². The highest BCUT2D eigenvalue weighted by molar-refractivity contribution is 7.19. The van der Waals surface area contributed by atoms with Crippen molar-refractivity contribution in [3.63, 3.8) is 0 Å². The molecular weight excluding hydrogens is 876 g/mol. The Balaban J connectivity index is 0.000000143. The first-order chi connectivity index (χ1) is 31.2. The monoisotopic (exact) mass is 918 g/mol. The van der Waals surface area contributed by atoms with Crippen LogP contribution >= 0.6 is 34.5 Å². The highest BCUT2D eigenvalue weighted by Gasteiger charge is 2.36. The van der Waals surface area contributed by atoms with Crippen molar-refractivity contribution in [1.29, 1.82) is 0 Å². The van der Waals surface area contributed by atoms with E-state index in [1.54, 1.807) is 29.8 Å². The normalized spacial score (nSPS) is 18.4. The van der Waals surface area contributed by atoms with Crippen molar-refractivity contribution >= 4 is 55.9 Å². The van der Waals surface area contributed by atoms with Crippen LogP contribution in [0.5, 0.6) is 11.5 Å². The minimum absolute atomic E-state index is 0.225. The Labute approximate surface area is 381 Å². The van der Waals surface area contributed by atoms with Gasteiger partial charge in [-0.25, -0.2) is 0 Å². The molecule has 0 spiro atoms. The quantitative estimate of drug-likeness (QED) is 0.113. The SMILES string of the molecule is CCC(O)c1cc2nccc(-c3cc(Cl)cc4c3OC(c3onc5c3CNCC5)C4)c2o1.CCC(O)c1cc2nccc(-c3cc(Cl)cc4c3OC(c3onc5c3CNCC5)C4)c2s1. The second-order valence-electron chi connectivity index (χ2n) is 16.6. The van der Waals surface area contributed by atoms with Crippen LogP contribution in [0, 0.1) is 0 Å². The molecule has 12 rings (SSSR count). The maximum atomic E-state index is 10.3. The predicted molar refractivity (Wildman–Crippen MR) is 243 cm³/mol. The van der Waals surface area contributed by atoms with Crippen LogP contribution in [0.1, 0.15) is 107 Å². The molecule has 0 radical (unpaired) electrons. The van der Waals surface area contributed by atoms with Gasteiger partial charge in [-0.1, -0.05) is 47.4 Å². The maximum Gasteiger partial charge on any atom is 0.182 e. The van der Waals surface area contributed by atoms with Crippen molar-refractivity contribution in [1.82, 2.24) is 30.9 Å². The third-order valence-electron chi connectivity index (χ3n) is 12.5. The second-order valence-corrected chi connectivity index (χ2v) is 18.6. The number of furan rings is 1. The standard InChI is InChI=1S/C24H22ClN3O4.C24H22ClN3O3S/c1-2-19(29)20-10-18-23(30-20)14(3-6-27-18)15-9-13(25)7-12-8-21(31-22(12)15)24-16-11-26-5-4-17(16)28-32-24;1-2-19(29)21-10-18-24(32-21)14(3-6-27-18)15-9-13(25)7-12-8-20(30-22(12)15)23-16-11-26-5-4-17(16)28-31-23/h3,6-7,9-10,19,21,26,29H,2,4-5,8,11H2,1H3;3,6-7,9-10,19-20,26,29H,2,4-5,8,11H2,1H3. The van der Waals surface area contributed by atoms with Crippen molar-refractivity contribution in [3.8, 4) is 33.8 Å². The first-order valence-electron chi connectivity index (χ1n) is 21.7. The minimum Gasteiger partial charge on any atom is -0.481 e. The van der Waals surface area contributed by atoms with Crippen LogP contribution < -0.4 is 20.1 Å². The zero-order valence-corrected chi connectivity index (χ0v) is 37.4. The van der Waals surface area contributed by atoms with Gasteiger partial charge in [-0.2, -0.15) is 0 Å². The fourth-order valence-electron chi connectivity index (χ4n) is 9.24. The molecule has 8 aromatic rings. The number of nitrogens with zero attached hydrogens (tertiary/aromatic N) is 4. The van der Waals surface area contributed by atoms with Crippen molar-refractivity contribution in [2.24, 2.45) is 0 Å². The Kier molecular flexibility index (Phi) is 10.9. The lowest BCUT2D eigenvalue weighted by Crippen LogP contribution is -2.24. The van der Waals surface area contributed by atoms with E-state index in [4.69, 9.17) is 46.1 Å². The van der Waals surface area contributed by atoms with Crippen LogP contribution in [0.15, 0.2) is 74.4 Å². The number of benzene rings is 2. The Bertz CT molecular complexity index is 2870. The molecule has 4 unspecified atom stereocenters. The van der Waals surface area contributed by atoms with E-state index >= 15 is 0 Å². The third kappa shape index (κ3) is 7.34. The van der Waals surface area contributed by atoms with E-state index in [1.165, 1.54) is 0 Å². The Morgan fingerprint density at radius 2 is 1.27 bits per heavy atom. The molecule has 2 aromatic carbocycles. The lowest BCUT2D eigenvalue weighted by atomic mass is 9.99. The van der Waals surface area contributed by atoms with Crippen LogP contribution in [-0.2, 0) is 38.8 Å². The lowest BCUT2D eigenvalue weighted by Gasteiger charge is -2.15. The molecule has 0 aliphatic carbocycles. The molecule has 0 saturated carbocycles. The fraction of sp³-hybridized carbons (Fsp3) is 0.333. The number of hydrogen-bond acceptors (Lipinski definition) is 14. The number of aliphatic hydroxyl groups excluding tert-OH is 2. The summed E-state index contributed by atoms with van der Waals surface area (Å²) in [4.78, 5) is 9.85. The zero-order chi connectivity index (χ0) is 43.6. The predicted octanol–water partition coefficient (Wildman–Crippen LogP) is 10.3. The van der Waals surface area contributed by atoms with Gasteiger partial charge in [0.2, 0.25) is 0 Å². The van der Waals surface area contributed by atoms with Gasteiger partial charge in [0, 0.05) is 130 Å². The van der Waals surface area contributed by atoms with Crippen LogP contribution in [-0.4, -0.2) is 43.6 Å². The number of rotatable bonds is 8. The number of ether oxygens (including phenoxy) is 2. The Morgan fingerprint density at radius 3 is 1.86 bits per heavy atom. The molecular formula is C48H44Cl2N6O7S. The third-order valence-corrected chi connectivity index (χ3v) is 14.2. The molecule has 4 aliphatic heterocycles. The van der Waals surface area contributed by atoms with Gasteiger partial charge in [0.05, 0.1) is 27.7 Å². The van der Waals surface area contributed by atoms with Gasteiger partial charge < -0.3 is 43.8 Å². The summed E-state index contributed by atoms with van der Waals surface area (Å²) in [7, 11) is 0. The number of thiophene rings is 1. The molecule has 13 nitrogen and oxygen atoms in total. The number of hydrogen-bond donors (Lipinski definition) is 4. The van der Waals surface area contributed by atoms with Gasteiger partial charge in [0.15, 0.2) is 29.3 Å². The molecule has 6 aromatic heterocycles. The second kappa shape index (κ2) is 16.9. The van der Waals surface area contributed by atoms with Gasteiger partial charge in [-0.15, -0.1) is 11.3 Å². The van der Waals surface area contributed by atoms with E-state index < -0.39 is 12.2 Å². The van der Waals surface area contributed by atoms with Gasteiger partial charge in [0.1, 0.15) is 28.9 Å². The highest BCUT2D eigenvalue weighted by atomic mass is 35.5. The number of nitrogens with one attached hydrogen (secondary N) is 2. The highest BCUT2D eigenvalue weighted by Crippen LogP contribution is 2.50. The molecule has 0 saturated heterocycles. The average Bonchev–Trinajstić information content (AvgIpc) is 4.18. The van der Waals surface area contributed by atoms with Crippen molar-refractivity contribution < 1.29 is 33.2 Å². The van der Waals surface area contributed by atoms with E-state index in [2.05, 4.69) is 30.9 Å². The van der Waals surface area contributed by atoms with Crippen molar-refractivity contribution in [2.75, 3.05) is 13.1 Å². The van der Waals surface area contributed by atoms with Crippen LogP contribution in [0.3, 0.4) is 0 Å². The molecule has 328 valence electrons. The molecule has 4 atom stereocenters. The molecule has 4 N–H and O–H groups in total. The van der Waals surface area contributed by atoms with Crippen molar-refractivity contribution in [2.45, 2.75) is 89.9 Å². The van der Waals surface area contributed by atoms with Crippen LogP contribution in [0.2, 0.25) is 10.0 Å². The van der Waals surface area contributed by atoms with Gasteiger partial charge in [-0.3, -0.25) is 9.97 Å². The molecule has 4 aliphatic rings. The molecule has 16 heteroatoms. The molecule has 0 amide bonds. The number of pyridine rings is 2. The summed E-state index contributed by atoms with van der Waals surface area (Å²) < 4.78 is 31.5. The molecule has 10 heterocycles. The molecule has 64 heavy (non-hydrogen) atoms. The number of aromatic nitrogens is 4. The summed E-state index contributed by atoms with van der Waals surface area (Å²) >= 11 is 14.6. The van der Waals surface area contributed by atoms with E-state index in [9.17, 15) is 10.2 Å². The Morgan fingerprint density at radius 1 is 0.703 bits per heavy atom. The maximum absolute atomic E-state index is 10.3. The first kappa shape index (κ1) is 41.4. The van der Waals surface area contributed by atoms with Gasteiger partial charge in [-0.05, 0) is 55.3 Å². The summed E-state index contributed by atoms with van der Waals surface area (Å²) in [6, 6.07) is 15.4. The largest absolute Gasteiger partial charge is 0.481 e. The topological polar surface area (TPSA) is 174 Å². The summed E-state index contributed by atoms with van der Waals surface area (Å²) in [6.45, 7) is 7.18. The minimum atomic E-state index is -0.672. The zero-order valence-electron chi connectivity index (χ0n) is 35.0. The van der Waals surface area contributed by atoms with E-state index in [0.717, 1.165) is 133 Å². The summed E-state index contributed by atoms with van der Waals surface area (Å²) in [5.41, 5.74) is 12.1. The lowest BCUT2D eigenvalue weighted by molar-refractivity contribution is 0.148. The Hall–Kier alpha value is -5.32. The summed E-state index contributed by atoms with van der Waals surface area (Å²) in [5.74, 6) is 3.66. The fourth-order valence-corrected chi connectivity index (χ4v) is 10.9. The van der Waals surface area contributed by atoms with E-state index in [1.807, 2.05) is 56.3 Å². The number of fused-ring (bicyclic) bond motifs is 6.